The first-order chi connectivity index (χ1) is 14.9. The van der Waals surface area contributed by atoms with Crippen LogP contribution in [0.3, 0.4) is 0 Å². The van der Waals surface area contributed by atoms with Crippen molar-refractivity contribution >= 4 is 23.4 Å². The van der Waals surface area contributed by atoms with E-state index in [1.807, 2.05) is 0 Å². The van der Waals surface area contributed by atoms with Gasteiger partial charge in [0.2, 0.25) is 0 Å². The Morgan fingerprint density at radius 1 is 1.00 bits per heavy atom. The molecule has 0 bridgehead atoms. The van der Waals surface area contributed by atoms with Gasteiger partial charge < -0.3 is 10.1 Å². The molecule has 0 aliphatic carbocycles. The molecule has 3 aromatic carbocycles. The van der Waals surface area contributed by atoms with Crippen molar-refractivity contribution in [3.63, 3.8) is 0 Å². The average Bonchev–Trinajstić information content (AvgIpc) is 3.00. The Kier molecular flexibility index (Phi) is 5.25. The second-order valence-corrected chi connectivity index (χ2v) is 7.19. The van der Waals surface area contributed by atoms with Crippen molar-refractivity contribution < 1.29 is 23.5 Å². The number of nitrogens with one attached hydrogen (secondary N) is 1. The van der Waals surface area contributed by atoms with E-state index in [9.17, 15) is 18.8 Å². The minimum Gasteiger partial charge on any atom is -0.496 e. The Morgan fingerprint density at radius 3 is 2.29 bits per heavy atom. The number of rotatable bonds is 5. The third-order valence-electron chi connectivity index (χ3n) is 5.16. The molecular formula is C24H19FN2O4. The number of imide groups is 1. The number of carbonyl (C=O) groups excluding carboxylic acids is 3. The first kappa shape index (κ1) is 20.3. The molecule has 4 rings (SSSR count). The van der Waals surface area contributed by atoms with E-state index < -0.39 is 11.7 Å². The molecule has 0 radical (unpaired) electrons. The van der Waals surface area contributed by atoms with Gasteiger partial charge in [0.25, 0.3) is 17.7 Å². The Balaban J connectivity index is 1.60. The number of ether oxygens (including phenoxy) is 1. The number of hydrogen-bond donors (Lipinski definition) is 1. The molecule has 0 saturated heterocycles. The highest BCUT2D eigenvalue weighted by molar-refractivity contribution is 6.21. The number of amides is 3. The number of benzene rings is 3. The number of fused-ring (bicyclic) bond motifs is 1. The maximum absolute atomic E-state index is 13.3. The van der Waals surface area contributed by atoms with Gasteiger partial charge in [-0.25, -0.2) is 4.39 Å². The van der Waals surface area contributed by atoms with Gasteiger partial charge in [0, 0.05) is 5.69 Å². The lowest BCUT2D eigenvalue weighted by atomic mass is 10.1. The molecular weight excluding hydrogens is 399 g/mol. The molecule has 0 spiro atoms. The van der Waals surface area contributed by atoms with Crippen LogP contribution in [0.1, 0.15) is 42.2 Å². The normalized spacial score (nSPS) is 12.7. The van der Waals surface area contributed by atoms with Crippen molar-refractivity contribution in [2.75, 3.05) is 12.4 Å². The zero-order chi connectivity index (χ0) is 22.1. The first-order valence-corrected chi connectivity index (χ1v) is 9.58. The predicted octanol–water partition coefficient (Wildman–Crippen LogP) is 4.19. The van der Waals surface area contributed by atoms with Gasteiger partial charge >= 0.3 is 0 Å². The van der Waals surface area contributed by atoms with Gasteiger partial charge in [0.05, 0.1) is 30.3 Å². The quantitative estimate of drug-likeness (QED) is 0.631. The molecule has 3 aromatic rings. The fraction of sp³-hybridized carbons (Fsp3) is 0.125. The molecule has 1 aliphatic heterocycles. The number of halogens is 1. The lowest BCUT2D eigenvalue weighted by Gasteiger charge is -2.16. The summed E-state index contributed by atoms with van der Waals surface area (Å²) in [6.45, 7) is 1.71. The van der Waals surface area contributed by atoms with Crippen molar-refractivity contribution in [3.05, 3.63) is 94.3 Å². The summed E-state index contributed by atoms with van der Waals surface area (Å²) in [5.41, 5.74) is 2.61. The second-order valence-electron chi connectivity index (χ2n) is 7.19. The summed E-state index contributed by atoms with van der Waals surface area (Å²) in [6, 6.07) is 15.6. The number of nitrogens with zero attached hydrogens (tertiary/aromatic N) is 1. The summed E-state index contributed by atoms with van der Waals surface area (Å²) in [6.07, 6.45) is 0. The van der Waals surface area contributed by atoms with Crippen molar-refractivity contribution in [1.29, 1.82) is 0 Å². The van der Waals surface area contributed by atoms with Crippen LogP contribution in [0.15, 0.2) is 60.7 Å². The van der Waals surface area contributed by atoms with Gasteiger partial charge in [-0.2, -0.15) is 0 Å². The summed E-state index contributed by atoms with van der Waals surface area (Å²) in [4.78, 5) is 39.3. The highest BCUT2D eigenvalue weighted by Gasteiger charge is 2.35. The van der Waals surface area contributed by atoms with E-state index in [0.717, 1.165) is 4.90 Å². The maximum Gasteiger partial charge on any atom is 0.261 e. The van der Waals surface area contributed by atoms with Crippen LogP contribution in [0.4, 0.5) is 10.1 Å². The molecule has 31 heavy (non-hydrogen) atoms. The molecule has 0 saturated carbocycles. The van der Waals surface area contributed by atoms with Crippen molar-refractivity contribution in [3.8, 4) is 5.75 Å². The predicted molar refractivity (Wildman–Crippen MR) is 113 cm³/mol. The topological polar surface area (TPSA) is 75.7 Å². The fourth-order valence-corrected chi connectivity index (χ4v) is 3.55. The molecule has 0 fully saturated rings. The molecule has 1 N–H and O–H groups in total. The fourth-order valence-electron chi connectivity index (χ4n) is 3.55. The van der Waals surface area contributed by atoms with Gasteiger partial charge in [-0.15, -0.1) is 0 Å². The van der Waals surface area contributed by atoms with Crippen LogP contribution in [0.5, 0.6) is 5.75 Å². The molecule has 3 amide bonds. The average molecular weight is 418 g/mol. The summed E-state index contributed by atoms with van der Waals surface area (Å²) in [7, 11) is 1.44. The van der Waals surface area contributed by atoms with Crippen molar-refractivity contribution in [1.82, 2.24) is 4.90 Å². The van der Waals surface area contributed by atoms with E-state index >= 15 is 0 Å². The standard InChI is InChI=1S/C24H19FN2O4/c1-14-11-16(25)8-9-20(14)26-22(28)19-12-15(7-10-21(19)31-2)13-27-23(29)17-5-3-4-6-18(17)24(27)30/h3-12H,13H2,1-2H3,(H,26,28). The van der Waals surface area contributed by atoms with Crippen LogP contribution >= 0.6 is 0 Å². The minimum atomic E-state index is -0.448. The van der Waals surface area contributed by atoms with Crippen LogP contribution in [-0.4, -0.2) is 29.7 Å². The van der Waals surface area contributed by atoms with Crippen LogP contribution in [-0.2, 0) is 6.54 Å². The SMILES string of the molecule is COc1ccc(CN2C(=O)c3ccccc3C2=O)cc1C(=O)Nc1ccc(F)cc1C. The van der Waals surface area contributed by atoms with E-state index in [1.54, 1.807) is 49.4 Å². The van der Waals surface area contributed by atoms with Crippen LogP contribution in [0, 0.1) is 12.7 Å². The number of hydrogen-bond acceptors (Lipinski definition) is 4. The molecule has 0 aromatic heterocycles. The summed E-state index contributed by atoms with van der Waals surface area (Å²) in [5, 5.41) is 2.75. The lowest BCUT2D eigenvalue weighted by Crippen LogP contribution is -2.29. The molecule has 1 heterocycles. The van der Waals surface area contributed by atoms with Crippen LogP contribution < -0.4 is 10.1 Å². The van der Waals surface area contributed by atoms with E-state index in [4.69, 9.17) is 4.74 Å². The molecule has 0 atom stereocenters. The third kappa shape index (κ3) is 3.77. The van der Waals surface area contributed by atoms with E-state index in [2.05, 4.69) is 5.32 Å². The number of carbonyl (C=O) groups is 3. The van der Waals surface area contributed by atoms with Gasteiger partial charge in [-0.05, 0) is 60.5 Å². The van der Waals surface area contributed by atoms with Gasteiger partial charge in [-0.1, -0.05) is 18.2 Å². The second kappa shape index (κ2) is 8.02. The summed E-state index contributed by atoms with van der Waals surface area (Å²) in [5.74, 6) is -1.25. The zero-order valence-electron chi connectivity index (χ0n) is 16.9. The maximum atomic E-state index is 13.3. The summed E-state index contributed by atoms with van der Waals surface area (Å²) < 4.78 is 18.6. The highest BCUT2D eigenvalue weighted by Crippen LogP contribution is 2.27. The van der Waals surface area contributed by atoms with E-state index in [1.165, 1.54) is 25.3 Å². The smallest absolute Gasteiger partial charge is 0.261 e. The minimum absolute atomic E-state index is 0.0200. The monoisotopic (exact) mass is 418 g/mol. The third-order valence-corrected chi connectivity index (χ3v) is 5.16. The number of methoxy groups -OCH3 is 1. The van der Waals surface area contributed by atoms with Gasteiger partial charge in [-0.3, -0.25) is 19.3 Å². The number of anilines is 1. The zero-order valence-corrected chi connectivity index (χ0v) is 16.9. The Labute approximate surface area is 178 Å². The van der Waals surface area contributed by atoms with E-state index in [0.29, 0.717) is 33.7 Å². The lowest BCUT2D eigenvalue weighted by molar-refractivity contribution is 0.0642. The molecule has 7 heteroatoms. The molecule has 6 nitrogen and oxygen atoms in total. The first-order valence-electron chi connectivity index (χ1n) is 9.58. The van der Waals surface area contributed by atoms with Crippen LogP contribution in [0.2, 0.25) is 0 Å². The van der Waals surface area contributed by atoms with Gasteiger partial charge in [0.1, 0.15) is 11.6 Å². The Morgan fingerprint density at radius 2 is 1.68 bits per heavy atom. The van der Waals surface area contributed by atoms with Crippen LogP contribution in [0.25, 0.3) is 0 Å². The largest absolute Gasteiger partial charge is 0.496 e. The Bertz CT molecular complexity index is 1190. The highest BCUT2D eigenvalue weighted by atomic mass is 19.1. The Hall–Kier alpha value is -4.00. The molecule has 0 unspecified atom stereocenters. The van der Waals surface area contributed by atoms with Gasteiger partial charge in [0.15, 0.2) is 0 Å². The van der Waals surface area contributed by atoms with E-state index in [-0.39, 0.29) is 23.9 Å². The van der Waals surface area contributed by atoms with Crippen molar-refractivity contribution in [2.24, 2.45) is 0 Å². The number of aryl methyl sites for hydroxylation is 1. The molecule has 1 aliphatic rings. The van der Waals surface area contributed by atoms with Crippen molar-refractivity contribution in [2.45, 2.75) is 13.5 Å². The molecule has 156 valence electrons. The summed E-state index contributed by atoms with van der Waals surface area (Å²) >= 11 is 0.